The molecule has 2 atom stereocenters. The lowest BCUT2D eigenvalue weighted by Gasteiger charge is -2.39. The van der Waals surface area contributed by atoms with Crippen LogP contribution in [0.25, 0.3) is 0 Å². The van der Waals surface area contributed by atoms with Gasteiger partial charge in [0.1, 0.15) is 12.1 Å². The maximum Gasteiger partial charge on any atom is 0.223 e. The van der Waals surface area contributed by atoms with Crippen LogP contribution in [0.15, 0.2) is 48.9 Å². The number of nitrogens with zero attached hydrogens (tertiary/aromatic N) is 4. The van der Waals surface area contributed by atoms with E-state index in [0.717, 1.165) is 44.7 Å². The summed E-state index contributed by atoms with van der Waals surface area (Å²) in [6, 6.07) is 12.6. The Morgan fingerprint density at radius 3 is 2.76 bits per heavy atom. The predicted molar refractivity (Wildman–Crippen MR) is 97.2 cm³/mol. The van der Waals surface area contributed by atoms with Gasteiger partial charge in [0.15, 0.2) is 0 Å². The van der Waals surface area contributed by atoms with Crippen LogP contribution in [0.2, 0.25) is 0 Å². The molecule has 0 spiro atoms. The Morgan fingerprint density at radius 1 is 1.12 bits per heavy atom. The molecule has 2 aliphatic rings. The van der Waals surface area contributed by atoms with Gasteiger partial charge in [-0.15, -0.1) is 0 Å². The summed E-state index contributed by atoms with van der Waals surface area (Å²) >= 11 is 0. The number of hydrogen-bond donors (Lipinski definition) is 0. The summed E-state index contributed by atoms with van der Waals surface area (Å²) < 4.78 is 0. The first-order valence-corrected chi connectivity index (χ1v) is 9.15. The van der Waals surface area contributed by atoms with Gasteiger partial charge in [-0.2, -0.15) is 0 Å². The lowest BCUT2D eigenvalue weighted by Crippen LogP contribution is -2.50. The molecule has 1 amide bonds. The molecule has 130 valence electrons. The highest BCUT2D eigenvalue weighted by atomic mass is 16.2. The first-order chi connectivity index (χ1) is 12.3. The number of carbonyl (C=O) groups is 1. The summed E-state index contributed by atoms with van der Waals surface area (Å²) in [7, 11) is 0. The van der Waals surface area contributed by atoms with Crippen LogP contribution < -0.4 is 4.90 Å². The van der Waals surface area contributed by atoms with Crippen LogP contribution in [0.1, 0.15) is 24.8 Å². The number of aromatic nitrogens is 2. The fourth-order valence-corrected chi connectivity index (χ4v) is 4.17. The molecule has 2 unspecified atom stereocenters. The normalized spacial score (nSPS) is 22.7. The van der Waals surface area contributed by atoms with E-state index in [-0.39, 0.29) is 0 Å². The second-order valence-corrected chi connectivity index (χ2v) is 6.99. The zero-order valence-corrected chi connectivity index (χ0v) is 14.4. The second-order valence-electron chi connectivity index (χ2n) is 6.99. The van der Waals surface area contributed by atoms with Crippen molar-refractivity contribution in [2.45, 2.75) is 31.7 Å². The first-order valence-electron chi connectivity index (χ1n) is 9.15. The molecule has 3 heterocycles. The van der Waals surface area contributed by atoms with Gasteiger partial charge in [-0.25, -0.2) is 9.97 Å². The highest BCUT2D eigenvalue weighted by molar-refractivity contribution is 5.77. The maximum absolute atomic E-state index is 12.8. The molecule has 0 saturated carbocycles. The molecule has 1 aromatic carbocycles. The standard InChI is InChI=1S/C20H24N4O/c25-20(7-6-16-4-2-1-3-5-16)24-13-10-17-9-12-23(14-18(17)24)19-8-11-21-15-22-19/h1-5,8,11,15,17-18H,6-7,9-10,12-14H2. The number of carbonyl (C=O) groups excluding carboxylic acids is 1. The van der Waals surface area contributed by atoms with Crippen molar-refractivity contribution in [3.8, 4) is 0 Å². The van der Waals surface area contributed by atoms with Gasteiger partial charge >= 0.3 is 0 Å². The fraction of sp³-hybridized carbons (Fsp3) is 0.450. The molecule has 2 saturated heterocycles. The number of fused-ring (bicyclic) bond motifs is 1. The zero-order chi connectivity index (χ0) is 17.1. The third-order valence-electron chi connectivity index (χ3n) is 5.54. The molecule has 0 N–H and O–H groups in total. The summed E-state index contributed by atoms with van der Waals surface area (Å²) in [5.74, 6) is 1.90. The van der Waals surface area contributed by atoms with Crippen molar-refractivity contribution in [1.82, 2.24) is 14.9 Å². The van der Waals surface area contributed by atoms with Gasteiger partial charge in [0, 0.05) is 32.3 Å². The molecule has 0 bridgehead atoms. The number of hydrogen-bond acceptors (Lipinski definition) is 4. The van der Waals surface area contributed by atoms with E-state index in [1.54, 1.807) is 12.5 Å². The number of piperidine rings is 1. The summed E-state index contributed by atoms with van der Waals surface area (Å²) in [5.41, 5.74) is 1.23. The molecular weight excluding hydrogens is 312 g/mol. The molecule has 5 nitrogen and oxygen atoms in total. The summed E-state index contributed by atoms with van der Waals surface area (Å²) in [6.45, 7) is 2.81. The minimum atomic E-state index is 0.292. The average Bonchev–Trinajstić information content (AvgIpc) is 3.11. The van der Waals surface area contributed by atoms with Gasteiger partial charge in [0.2, 0.25) is 5.91 Å². The van der Waals surface area contributed by atoms with Crippen molar-refractivity contribution in [1.29, 1.82) is 0 Å². The van der Waals surface area contributed by atoms with Crippen molar-refractivity contribution in [2.75, 3.05) is 24.5 Å². The molecule has 25 heavy (non-hydrogen) atoms. The van der Waals surface area contributed by atoms with E-state index < -0.39 is 0 Å². The van der Waals surface area contributed by atoms with Crippen LogP contribution in [0.3, 0.4) is 0 Å². The van der Waals surface area contributed by atoms with E-state index in [2.05, 4.69) is 31.9 Å². The maximum atomic E-state index is 12.8. The average molecular weight is 336 g/mol. The molecule has 2 fully saturated rings. The number of amides is 1. The van der Waals surface area contributed by atoms with Crippen molar-refractivity contribution in [3.63, 3.8) is 0 Å². The van der Waals surface area contributed by atoms with E-state index in [1.165, 1.54) is 5.56 Å². The number of anilines is 1. The third kappa shape index (κ3) is 3.50. The molecule has 2 aliphatic heterocycles. The molecule has 2 aromatic rings. The van der Waals surface area contributed by atoms with Gasteiger partial charge in [-0.1, -0.05) is 30.3 Å². The summed E-state index contributed by atoms with van der Waals surface area (Å²) in [6.07, 6.45) is 7.07. The van der Waals surface area contributed by atoms with Crippen LogP contribution in [0.5, 0.6) is 0 Å². The van der Waals surface area contributed by atoms with Gasteiger partial charge in [0.05, 0.1) is 6.04 Å². The van der Waals surface area contributed by atoms with Crippen LogP contribution in [-0.4, -0.2) is 46.5 Å². The van der Waals surface area contributed by atoms with E-state index in [0.29, 0.717) is 24.3 Å². The zero-order valence-electron chi connectivity index (χ0n) is 14.4. The smallest absolute Gasteiger partial charge is 0.223 e. The monoisotopic (exact) mass is 336 g/mol. The SMILES string of the molecule is O=C(CCc1ccccc1)N1CCC2CCN(c3ccncn3)CC21. The Hall–Kier alpha value is -2.43. The van der Waals surface area contributed by atoms with Gasteiger partial charge in [-0.05, 0) is 36.8 Å². The highest BCUT2D eigenvalue weighted by Crippen LogP contribution is 2.33. The quantitative estimate of drug-likeness (QED) is 0.861. The number of likely N-dealkylation sites (tertiary alicyclic amines) is 1. The Bertz CT molecular complexity index is 706. The molecule has 0 aliphatic carbocycles. The summed E-state index contributed by atoms with van der Waals surface area (Å²) in [4.78, 5) is 25.6. The Labute approximate surface area is 148 Å². The Kier molecular flexibility index (Phi) is 4.63. The molecule has 1 aromatic heterocycles. The Morgan fingerprint density at radius 2 is 1.96 bits per heavy atom. The van der Waals surface area contributed by atoms with Gasteiger partial charge in [-0.3, -0.25) is 4.79 Å². The molecule has 5 heteroatoms. The minimum absolute atomic E-state index is 0.292. The first kappa shape index (κ1) is 16.1. The molecule has 0 radical (unpaired) electrons. The predicted octanol–water partition coefficient (Wildman–Crippen LogP) is 2.54. The largest absolute Gasteiger partial charge is 0.354 e. The van der Waals surface area contributed by atoms with E-state index >= 15 is 0 Å². The third-order valence-corrected chi connectivity index (χ3v) is 5.54. The molecule has 4 rings (SSSR count). The van der Waals surface area contributed by atoms with E-state index in [9.17, 15) is 4.79 Å². The van der Waals surface area contributed by atoms with Crippen molar-refractivity contribution < 1.29 is 4.79 Å². The van der Waals surface area contributed by atoms with Crippen molar-refractivity contribution in [3.05, 3.63) is 54.5 Å². The minimum Gasteiger partial charge on any atom is -0.354 e. The van der Waals surface area contributed by atoms with Gasteiger partial charge in [0.25, 0.3) is 0 Å². The summed E-state index contributed by atoms with van der Waals surface area (Å²) in [5, 5.41) is 0. The lowest BCUT2D eigenvalue weighted by atomic mass is 9.92. The van der Waals surface area contributed by atoms with Crippen LogP contribution in [-0.2, 0) is 11.2 Å². The van der Waals surface area contributed by atoms with Crippen LogP contribution in [0.4, 0.5) is 5.82 Å². The fourth-order valence-electron chi connectivity index (χ4n) is 4.17. The molecular formula is C20H24N4O. The highest BCUT2D eigenvalue weighted by Gasteiger charge is 2.40. The number of benzene rings is 1. The van der Waals surface area contributed by atoms with E-state index in [1.807, 2.05) is 24.3 Å². The van der Waals surface area contributed by atoms with Crippen LogP contribution >= 0.6 is 0 Å². The van der Waals surface area contributed by atoms with Gasteiger partial charge < -0.3 is 9.80 Å². The topological polar surface area (TPSA) is 49.3 Å². The van der Waals surface area contributed by atoms with Crippen molar-refractivity contribution in [2.24, 2.45) is 5.92 Å². The Balaban J connectivity index is 1.40. The second kappa shape index (κ2) is 7.21. The number of aryl methyl sites for hydroxylation is 1. The van der Waals surface area contributed by atoms with E-state index in [4.69, 9.17) is 0 Å². The van der Waals surface area contributed by atoms with Crippen molar-refractivity contribution >= 4 is 11.7 Å². The number of rotatable bonds is 4. The lowest BCUT2D eigenvalue weighted by molar-refractivity contribution is -0.132. The van der Waals surface area contributed by atoms with Crippen LogP contribution in [0, 0.1) is 5.92 Å².